The zero-order chi connectivity index (χ0) is 29.4. The number of hydrogen-bond acceptors (Lipinski definition) is 6. The summed E-state index contributed by atoms with van der Waals surface area (Å²) in [6.45, 7) is 0.292. The van der Waals surface area contributed by atoms with Crippen molar-refractivity contribution in [1.29, 1.82) is 0 Å². The number of nitrogens with zero attached hydrogens (tertiary/aromatic N) is 2. The Morgan fingerprint density at radius 2 is 1.76 bits per heavy atom. The van der Waals surface area contributed by atoms with Crippen LogP contribution < -0.4 is 15.4 Å². The minimum absolute atomic E-state index is 0.0439. The van der Waals surface area contributed by atoms with Crippen LogP contribution in [0.5, 0.6) is 5.75 Å². The molecule has 1 aliphatic carbocycles. The summed E-state index contributed by atoms with van der Waals surface area (Å²) in [5.41, 5.74) is 3.42. The topological polar surface area (TPSA) is 115 Å². The van der Waals surface area contributed by atoms with E-state index in [1.165, 1.54) is 30.7 Å². The summed E-state index contributed by atoms with van der Waals surface area (Å²) in [5.74, 6) is -1.34. The van der Waals surface area contributed by atoms with Crippen LogP contribution in [0.3, 0.4) is 0 Å². The summed E-state index contributed by atoms with van der Waals surface area (Å²) in [6.07, 6.45) is 2.37. The summed E-state index contributed by atoms with van der Waals surface area (Å²) in [6, 6.07) is 12.4. The third kappa shape index (κ3) is 8.46. The number of hydrogen-bond donors (Lipinski definition) is 3. The number of carbonyl (C=O) groups excluding carboxylic acids is 1. The Morgan fingerprint density at radius 3 is 2.37 bits per heavy atom. The Balaban J connectivity index is 1.58. The van der Waals surface area contributed by atoms with Crippen molar-refractivity contribution in [3.8, 4) is 11.4 Å². The lowest BCUT2D eigenvalue weighted by Crippen LogP contribution is -2.26. The molecule has 1 unspecified atom stereocenters. The van der Waals surface area contributed by atoms with Crippen LogP contribution >= 0.6 is 0 Å². The fraction of sp³-hybridized carbons (Fsp3) is 0.414. The number of nitrogens with one attached hydrogen (secondary N) is 2. The first kappa shape index (κ1) is 29.9. The van der Waals surface area contributed by atoms with Crippen LogP contribution in [0.25, 0.3) is 5.69 Å². The van der Waals surface area contributed by atoms with Gasteiger partial charge in [0, 0.05) is 36.7 Å². The smallest absolute Gasteiger partial charge is 0.481 e. The Morgan fingerprint density at radius 1 is 1.07 bits per heavy atom. The van der Waals surface area contributed by atoms with Crippen LogP contribution in [-0.2, 0) is 16.1 Å². The lowest BCUT2D eigenvalue weighted by Gasteiger charge is -2.32. The number of anilines is 1. The van der Waals surface area contributed by atoms with E-state index in [1.807, 2.05) is 18.3 Å². The number of carboxylic acids is 1. The number of benzene rings is 2. The molecule has 2 aromatic carbocycles. The van der Waals surface area contributed by atoms with E-state index in [-0.39, 0.29) is 37.3 Å². The van der Waals surface area contributed by atoms with Crippen molar-refractivity contribution in [3.05, 3.63) is 71.5 Å². The number of ether oxygens (including phenoxy) is 2. The Kier molecular flexibility index (Phi) is 9.87. The first-order chi connectivity index (χ1) is 19.6. The Labute approximate surface area is 235 Å². The summed E-state index contributed by atoms with van der Waals surface area (Å²) < 4.78 is 48.8. The van der Waals surface area contributed by atoms with E-state index in [1.54, 1.807) is 23.9 Å². The molecule has 9 nitrogen and oxygen atoms in total. The standard InChI is InChI=1S/C29H33F3N4O5/c1-40-18-25-24(17-36(35-25)22-11-13-23(14-12-22)41-29(30,31)32)27(19-5-3-2-4-6-19)34-21-9-7-20(8-10-21)28(39)33-16-15-26(37)38/h7-14,17,19,27,34H,2-6,15-16,18H2,1H3,(H,33,39)(H,37,38). The van der Waals surface area contributed by atoms with Crippen molar-refractivity contribution in [2.24, 2.45) is 5.92 Å². The van der Waals surface area contributed by atoms with E-state index < -0.39 is 12.3 Å². The summed E-state index contributed by atoms with van der Waals surface area (Å²) in [4.78, 5) is 23.1. The van der Waals surface area contributed by atoms with Crippen LogP contribution in [0.4, 0.5) is 18.9 Å². The van der Waals surface area contributed by atoms with E-state index in [9.17, 15) is 22.8 Å². The number of carboxylic acid groups (broad SMARTS) is 1. The number of rotatable bonds is 12. The number of methoxy groups -OCH3 is 1. The van der Waals surface area contributed by atoms with Gasteiger partial charge in [0.1, 0.15) is 5.75 Å². The van der Waals surface area contributed by atoms with Crippen molar-refractivity contribution >= 4 is 17.6 Å². The van der Waals surface area contributed by atoms with Crippen molar-refractivity contribution in [2.75, 3.05) is 19.0 Å². The number of amides is 1. The third-order valence-corrected chi connectivity index (χ3v) is 6.99. The molecule has 4 rings (SSSR count). The normalized spacial score (nSPS) is 14.8. The molecular weight excluding hydrogens is 541 g/mol. The SMILES string of the molecule is COCc1nn(-c2ccc(OC(F)(F)F)cc2)cc1C(Nc1ccc(C(=O)NCCC(=O)O)cc1)C1CCCCC1. The largest absolute Gasteiger partial charge is 0.573 e. The summed E-state index contributed by atoms with van der Waals surface area (Å²) >= 11 is 0. The van der Waals surface area contributed by atoms with Gasteiger partial charge in [-0.1, -0.05) is 19.3 Å². The number of halogens is 3. The molecular formula is C29H33F3N4O5. The molecule has 1 saturated carbocycles. The first-order valence-corrected chi connectivity index (χ1v) is 13.4. The molecule has 220 valence electrons. The highest BCUT2D eigenvalue weighted by molar-refractivity contribution is 5.94. The molecule has 12 heteroatoms. The quantitative estimate of drug-likeness (QED) is 0.248. The number of alkyl halides is 3. The predicted octanol–water partition coefficient (Wildman–Crippen LogP) is 5.86. The zero-order valence-corrected chi connectivity index (χ0v) is 22.6. The average molecular weight is 575 g/mol. The lowest BCUT2D eigenvalue weighted by atomic mass is 9.81. The molecule has 3 aromatic rings. The van der Waals surface area contributed by atoms with Gasteiger partial charge in [0.15, 0.2) is 0 Å². The molecule has 0 spiro atoms. The minimum Gasteiger partial charge on any atom is -0.481 e. The predicted molar refractivity (Wildman–Crippen MR) is 145 cm³/mol. The van der Waals surface area contributed by atoms with Crippen LogP contribution in [0, 0.1) is 5.92 Å². The highest BCUT2D eigenvalue weighted by Gasteiger charge is 2.31. The van der Waals surface area contributed by atoms with E-state index in [0.717, 1.165) is 36.9 Å². The van der Waals surface area contributed by atoms with Crippen LogP contribution in [0.15, 0.2) is 54.7 Å². The lowest BCUT2D eigenvalue weighted by molar-refractivity contribution is -0.274. The molecule has 3 N–H and O–H groups in total. The number of carbonyl (C=O) groups is 2. The molecule has 1 heterocycles. The molecule has 1 fully saturated rings. The minimum atomic E-state index is -4.77. The number of aromatic nitrogens is 2. The Hall–Kier alpha value is -4.06. The molecule has 1 atom stereocenters. The van der Waals surface area contributed by atoms with Gasteiger partial charge in [0.25, 0.3) is 5.91 Å². The van der Waals surface area contributed by atoms with Crippen molar-refractivity contribution in [1.82, 2.24) is 15.1 Å². The van der Waals surface area contributed by atoms with Gasteiger partial charge in [0.2, 0.25) is 0 Å². The highest BCUT2D eigenvalue weighted by Crippen LogP contribution is 2.38. The molecule has 1 aromatic heterocycles. The van der Waals surface area contributed by atoms with Gasteiger partial charge >= 0.3 is 12.3 Å². The maximum Gasteiger partial charge on any atom is 0.573 e. The summed E-state index contributed by atoms with van der Waals surface area (Å²) in [7, 11) is 1.58. The molecule has 0 aliphatic heterocycles. The highest BCUT2D eigenvalue weighted by atomic mass is 19.4. The van der Waals surface area contributed by atoms with Crippen molar-refractivity contribution in [2.45, 2.75) is 57.5 Å². The zero-order valence-electron chi connectivity index (χ0n) is 22.6. The second kappa shape index (κ2) is 13.5. The maximum atomic E-state index is 12.6. The van der Waals surface area contributed by atoms with Gasteiger partial charge < -0.3 is 25.2 Å². The molecule has 0 bridgehead atoms. The number of aliphatic carboxylic acids is 1. The van der Waals surface area contributed by atoms with E-state index in [2.05, 4.69) is 15.4 Å². The summed E-state index contributed by atoms with van der Waals surface area (Å²) in [5, 5.41) is 19.7. The maximum absolute atomic E-state index is 12.6. The second-order valence-corrected chi connectivity index (χ2v) is 9.95. The van der Waals surface area contributed by atoms with Crippen molar-refractivity contribution < 1.29 is 37.3 Å². The molecule has 0 radical (unpaired) electrons. The Bertz CT molecular complexity index is 1300. The van der Waals surface area contributed by atoms with Crippen LogP contribution in [0.2, 0.25) is 0 Å². The van der Waals surface area contributed by atoms with Gasteiger partial charge in [-0.25, -0.2) is 4.68 Å². The van der Waals surface area contributed by atoms with Crippen LogP contribution in [-0.4, -0.2) is 46.8 Å². The van der Waals surface area contributed by atoms with Gasteiger partial charge in [0.05, 0.1) is 30.5 Å². The monoisotopic (exact) mass is 574 g/mol. The molecule has 1 amide bonds. The third-order valence-electron chi connectivity index (χ3n) is 6.99. The fourth-order valence-electron chi connectivity index (χ4n) is 5.06. The van der Waals surface area contributed by atoms with E-state index in [4.69, 9.17) is 14.9 Å². The van der Waals surface area contributed by atoms with Gasteiger partial charge in [-0.3, -0.25) is 9.59 Å². The fourth-order valence-corrected chi connectivity index (χ4v) is 5.06. The molecule has 0 saturated heterocycles. The van der Waals surface area contributed by atoms with Crippen LogP contribution in [0.1, 0.15) is 66.2 Å². The van der Waals surface area contributed by atoms with Gasteiger partial charge in [-0.2, -0.15) is 5.10 Å². The van der Waals surface area contributed by atoms with E-state index >= 15 is 0 Å². The molecule has 1 aliphatic rings. The second-order valence-electron chi connectivity index (χ2n) is 9.95. The van der Waals surface area contributed by atoms with Crippen molar-refractivity contribution in [3.63, 3.8) is 0 Å². The first-order valence-electron chi connectivity index (χ1n) is 13.4. The average Bonchev–Trinajstić information content (AvgIpc) is 3.35. The van der Waals surface area contributed by atoms with Gasteiger partial charge in [-0.15, -0.1) is 13.2 Å². The van der Waals surface area contributed by atoms with E-state index in [0.29, 0.717) is 22.9 Å². The molecule has 41 heavy (non-hydrogen) atoms. The van der Waals surface area contributed by atoms with Gasteiger partial charge in [-0.05, 0) is 67.3 Å².